The molecular weight excluding hydrogens is 864 g/mol. The number of hydrogen-bond acceptors (Lipinski definition) is 5. The van der Waals surface area contributed by atoms with Gasteiger partial charge < -0.3 is 19.8 Å². The van der Waals surface area contributed by atoms with Gasteiger partial charge in [0.05, 0.1) is 39.9 Å². The van der Waals surface area contributed by atoms with E-state index in [-0.39, 0.29) is 19.1 Å². The lowest BCUT2D eigenvalue weighted by Gasteiger charge is -2.25. The van der Waals surface area contributed by atoms with Crippen LogP contribution < -0.4 is 5.32 Å². The van der Waals surface area contributed by atoms with Crippen molar-refractivity contribution in [3.8, 4) is 0 Å². The van der Waals surface area contributed by atoms with Crippen molar-refractivity contribution in [1.82, 2.24) is 5.32 Å². The summed E-state index contributed by atoms with van der Waals surface area (Å²) in [6.07, 6.45) is 72.0. The van der Waals surface area contributed by atoms with Gasteiger partial charge in [0.1, 0.15) is 13.2 Å². The van der Waals surface area contributed by atoms with Crippen LogP contribution in [0.1, 0.15) is 206 Å². The van der Waals surface area contributed by atoms with Gasteiger partial charge in [-0.05, 0) is 83.5 Å². The predicted molar refractivity (Wildman–Crippen MR) is 295 cm³/mol. The van der Waals surface area contributed by atoms with Crippen molar-refractivity contribution >= 4 is 13.7 Å². The molecule has 0 radical (unpaired) electrons. The number of aliphatic hydroxyl groups is 1. The number of rotatable bonds is 48. The quantitative estimate of drug-likeness (QED) is 0.0243. The molecule has 0 heterocycles. The highest BCUT2D eigenvalue weighted by Crippen LogP contribution is 2.43. The maximum Gasteiger partial charge on any atom is 0.472 e. The van der Waals surface area contributed by atoms with Gasteiger partial charge >= 0.3 is 7.82 Å². The van der Waals surface area contributed by atoms with Crippen LogP contribution in [0, 0.1) is 0 Å². The first kappa shape index (κ1) is 65.2. The summed E-state index contributed by atoms with van der Waals surface area (Å²) in [5, 5.41) is 13.8. The number of carbonyl (C=O) groups excluding carboxylic acids is 1. The Labute approximate surface area is 419 Å². The molecule has 0 aliphatic rings. The van der Waals surface area contributed by atoms with E-state index in [9.17, 15) is 19.4 Å². The van der Waals surface area contributed by atoms with Crippen molar-refractivity contribution < 1.29 is 32.9 Å². The van der Waals surface area contributed by atoms with Crippen molar-refractivity contribution in [2.24, 2.45) is 0 Å². The predicted octanol–water partition coefficient (Wildman–Crippen LogP) is 16.4. The third kappa shape index (κ3) is 51.0. The normalized spacial score (nSPS) is 14.9. The lowest BCUT2D eigenvalue weighted by Crippen LogP contribution is -2.45. The molecule has 3 N–H and O–H groups in total. The minimum Gasteiger partial charge on any atom is -0.387 e. The molecule has 0 bridgehead atoms. The second-order valence-corrected chi connectivity index (χ2v) is 20.7. The number of hydrogen-bond donors (Lipinski definition) is 3. The van der Waals surface area contributed by atoms with Gasteiger partial charge in [-0.25, -0.2) is 4.57 Å². The van der Waals surface area contributed by atoms with E-state index in [0.717, 1.165) is 89.9 Å². The maximum atomic E-state index is 12.9. The van der Waals surface area contributed by atoms with Gasteiger partial charge in [0.2, 0.25) is 5.91 Å². The Hall–Kier alpha value is -2.84. The molecule has 0 aromatic heterocycles. The van der Waals surface area contributed by atoms with Crippen LogP contribution in [0.25, 0.3) is 0 Å². The SMILES string of the molecule is CC/C=C\C/C=C\C/C=C\C/C=C\C/C=C\C/C=C\C/C=C\C/C=C\CCCCCCCCCCCCCCC(=O)NC(COP(=O)(O)OCC[N+](C)(C)C)C(O)/C=C/CCCCCCCCC. The number of aliphatic hydroxyl groups excluding tert-OH is 1. The number of phosphoric acid groups is 1. The zero-order valence-corrected chi connectivity index (χ0v) is 45.2. The van der Waals surface area contributed by atoms with E-state index in [0.29, 0.717) is 17.4 Å². The van der Waals surface area contributed by atoms with Crippen LogP contribution in [-0.2, 0) is 18.4 Å². The summed E-state index contributed by atoms with van der Waals surface area (Å²) < 4.78 is 23.5. The Kier molecular flexibility index (Phi) is 47.1. The Balaban J connectivity index is 4.02. The number of amides is 1. The molecule has 0 aromatic rings. The maximum absolute atomic E-state index is 12.9. The lowest BCUT2D eigenvalue weighted by atomic mass is 10.0. The van der Waals surface area contributed by atoms with Crippen molar-refractivity contribution in [2.75, 3.05) is 40.9 Å². The molecule has 0 rings (SSSR count). The number of likely N-dealkylation sites (N-methyl/N-ethyl adjacent to an activating group) is 1. The average Bonchev–Trinajstić information content (AvgIpc) is 3.30. The van der Waals surface area contributed by atoms with Crippen LogP contribution in [-0.4, -0.2) is 73.4 Å². The Morgan fingerprint density at radius 3 is 1.29 bits per heavy atom. The highest BCUT2D eigenvalue weighted by molar-refractivity contribution is 7.47. The molecule has 390 valence electrons. The smallest absolute Gasteiger partial charge is 0.387 e. The van der Waals surface area contributed by atoms with Gasteiger partial charge in [0.15, 0.2) is 0 Å². The molecule has 3 unspecified atom stereocenters. The van der Waals surface area contributed by atoms with Crippen LogP contribution in [0.2, 0.25) is 0 Å². The van der Waals surface area contributed by atoms with Gasteiger partial charge in [-0.2, -0.15) is 0 Å². The van der Waals surface area contributed by atoms with Crippen molar-refractivity contribution in [2.45, 2.75) is 219 Å². The van der Waals surface area contributed by atoms with E-state index in [1.54, 1.807) is 6.08 Å². The Bertz CT molecular complexity index is 1470. The number of carbonyl (C=O) groups is 1. The van der Waals surface area contributed by atoms with Crippen LogP contribution >= 0.6 is 7.82 Å². The monoisotopic (exact) mass is 968 g/mol. The summed E-state index contributed by atoms with van der Waals surface area (Å²) in [6.45, 7) is 4.65. The molecule has 0 fully saturated rings. The third-order valence-electron chi connectivity index (χ3n) is 11.5. The summed E-state index contributed by atoms with van der Waals surface area (Å²) in [6, 6.07) is -0.851. The van der Waals surface area contributed by atoms with E-state index >= 15 is 0 Å². The average molecular weight is 968 g/mol. The van der Waals surface area contributed by atoms with E-state index < -0.39 is 20.0 Å². The Morgan fingerprint density at radius 1 is 0.515 bits per heavy atom. The van der Waals surface area contributed by atoms with Gasteiger partial charge in [0.25, 0.3) is 0 Å². The van der Waals surface area contributed by atoms with E-state index in [1.807, 2.05) is 27.2 Å². The molecule has 0 spiro atoms. The molecule has 0 aliphatic carbocycles. The number of allylic oxidation sites excluding steroid dienone is 17. The zero-order chi connectivity index (χ0) is 49.9. The number of quaternary nitrogens is 1. The molecule has 8 nitrogen and oxygen atoms in total. The zero-order valence-electron chi connectivity index (χ0n) is 44.3. The fraction of sp³-hybridized carbons (Fsp3) is 0.678. The first-order valence-electron chi connectivity index (χ1n) is 27.3. The summed E-state index contributed by atoms with van der Waals surface area (Å²) >= 11 is 0. The minimum atomic E-state index is -4.34. The first-order valence-corrected chi connectivity index (χ1v) is 28.8. The fourth-order valence-corrected chi connectivity index (χ4v) is 7.97. The van der Waals surface area contributed by atoms with Crippen LogP contribution in [0.3, 0.4) is 0 Å². The van der Waals surface area contributed by atoms with Crippen LogP contribution in [0.5, 0.6) is 0 Å². The molecule has 68 heavy (non-hydrogen) atoms. The molecule has 0 aromatic carbocycles. The van der Waals surface area contributed by atoms with Gasteiger partial charge in [-0.1, -0.05) is 226 Å². The summed E-state index contributed by atoms with van der Waals surface area (Å²) in [5.41, 5.74) is 0. The first-order chi connectivity index (χ1) is 33.0. The molecule has 1 amide bonds. The topological polar surface area (TPSA) is 105 Å². The number of nitrogens with zero attached hydrogens (tertiary/aromatic N) is 1. The van der Waals surface area contributed by atoms with Crippen LogP contribution in [0.4, 0.5) is 0 Å². The standard InChI is InChI=1S/C59H103N2O6P/c1-6-8-10-12-14-16-17-18-19-20-21-22-23-24-25-26-27-28-29-30-31-32-33-34-35-36-37-38-39-40-41-42-43-45-47-49-51-53-59(63)60-57(56-67-68(64,65)66-55-54-61(3,4)5)58(62)52-50-48-46-44-15-13-11-9-7-2/h8,10,14,16,18-19,21-22,24-25,27-28,30-31,33-34,50,52,57-58,62H,6-7,9,11-13,15,17,20,23,26,29,32,35-49,51,53-56H2,1-5H3,(H-,60,63,64,65)/p+1/b10-8-,16-14-,19-18-,22-21-,25-24-,28-27-,31-30-,34-33-,52-50+. The molecular formula is C59H104N2O6P+. The highest BCUT2D eigenvalue weighted by Gasteiger charge is 2.27. The molecule has 9 heteroatoms. The molecule has 0 saturated carbocycles. The summed E-state index contributed by atoms with van der Waals surface area (Å²) in [7, 11) is 1.56. The van der Waals surface area contributed by atoms with Crippen molar-refractivity contribution in [1.29, 1.82) is 0 Å². The van der Waals surface area contributed by atoms with Gasteiger partial charge in [-0.3, -0.25) is 13.8 Å². The minimum absolute atomic E-state index is 0.0566. The largest absolute Gasteiger partial charge is 0.472 e. The second-order valence-electron chi connectivity index (χ2n) is 19.2. The molecule has 0 saturated heterocycles. The molecule has 3 atom stereocenters. The summed E-state index contributed by atoms with van der Waals surface area (Å²) in [4.78, 5) is 23.1. The summed E-state index contributed by atoms with van der Waals surface area (Å²) in [5.74, 6) is -0.187. The van der Waals surface area contributed by atoms with E-state index in [2.05, 4.69) is 116 Å². The second kappa shape index (κ2) is 49.2. The Morgan fingerprint density at radius 2 is 0.882 bits per heavy atom. The van der Waals surface area contributed by atoms with Gasteiger partial charge in [-0.15, -0.1) is 0 Å². The number of unbranched alkanes of at least 4 members (excludes halogenated alkanes) is 19. The fourth-order valence-electron chi connectivity index (χ4n) is 7.23. The highest BCUT2D eigenvalue weighted by atomic mass is 31.2. The van der Waals surface area contributed by atoms with Crippen LogP contribution in [0.15, 0.2) is 109 Å². The van der Waals surface area contributed by atoms with E-state index in [4.69, 9.17) is 9.05 Å². The van der Waals surface area contributed by atoms with Crippen molar-refractivity contribution in [3.63, 3.8) is 0 Å². The number of nitrogens with one attached hydrogen (secondary N) is 1. The molecule has 0 aliphatic heterocycles. The van der Waals surface area contributed by atoms with Crippen molar-refractivity contribution in [3.05, 3.63) is 109 Å². The number of phosphoric ester groups is 1. The van der Waals surface area contributed by atoms with E-state index in [1.165, 1.54) is 96.3 Å². The third-order valence-corrected chi connectivity index (χ3v) is 12.5. The lowest BCUT2D eigenvalue weighted by molar-refractivity contribution is -0.870. The van der Waals surface area contributed by atoms with Gasteiger partial charge in [0, 0.05) is 6.42 Å².